The lowest BCUT2D eigenvalue weighted by atomic mass is 10.1. The molecule has 0 aromatic heterocycles. The van der Waals surface area contributed by atoms with Crippen molar-refractivity contribution in [2.24, 2.45) is 0 Å². The number of rotatable bonds is 10. The van der Waals surface area contributed by atoms with Crippen LogP contribution in [0.25, 0.3) is 0 Å². The van der Waals surface area contributed by atoms with Gasteiger partial charge >= 0.3 is 6.09 Å². The summed E-state index contributed by atoms with van der Waals surface area (Å²) in [5.41, 5.74) is 0.386. The van der Waals surface area contributed by atoms with Crippen LogP contribution in [0.5, 0.6) is 5.75 Å². The number of alkyl carbamates (subject to hydrolysis) is 1. The highest BCUT2D eigenvalue weighted by Crippen LogP contribution is 2.14. The minimum absolute atomic E-state index is 0.155. The average Bonchev–Trinajstić information content (AvgIpc) is 2.53. The van der Waals surface area contributed by atoms with Gasteiger partial charge in [0.25, 0.3) is 0 Å². The summed E-state index contributed by atoms with van der Waals surface area (Å²) >= 11 is 0. The van der Waals surface area contributed by atoms with E-state index in [0.717, 1.165) is 5.56 Å². The maximum absolute atomic E-state index is 11.8. The molecule has 0 fully saturated rings. The van der Waals surface area contributed by atoms with Crippen LogP contribution in [0.2, 0.25) is 0 Å². The van der Waals surface area contributed by atoms with Gasteiger partial charge in [0.2, 0.25) is 0 Å². The number of hydrogen-bond acceptors (Lipinski definition) is 6. The normalized spacial score (nSPS) is 12.5. The molecule has 1 rings (SSSR count). The Bertz CT molecular complexity index is 497. The summed E-state index contributed by atoms with van der Waals surface area (Å²) in [6, 6.07) is 6.97. The van der Waals surface area contributed by atoms with E-state index in [1.54, 1.807) is 27.9 Å². The van der Waals surface area contributed by atoms with Crippen molar-refractivity contribution < 1.29 is 28.8 Å². The molecule has 0 aliphatic rings. The molecule has 0 radical (unpaired) electrons. The zero-order valence-corrected chi connectivity index (χ0v) is 15.4. The second kappa shape index (κ2) is 10.9. The van der Waals surface area contributed by atoms with E-state index in [2.05, 4.69) is 5.32 Å². The highest BCUT2D eigenvalue weighted by molar-refractivity contribution is 5.68. The predicted molar refractivity (Wildman–Crippen MR) is 93.7 cm³/mol. The Morgan fingerprint density at radius 3 is 2.44 bits per heavy atom. The lowest BCUT2D eigenvalue weighted by Gasteiger charge is -2.22. The van der Waals surface area contributed by atoms with Crippen molar-refractivity contribution in [2.75, 3.05) is 33.7 Å². The van der Waals surface area contributed by atoms with Crippen LogP contribution in [0.1, 0.15) is 26.3 Å². The molecular formula is C18H29NO6. The fraction of sp³-hybridized carbons (Fsp3) is 0.611. The third kappa shape index (κ3) is 9.91. The maximum Gasteiger partial charge on any atom is 0.407 e. The first kappa shape index (κ1) is 21.2. The summed E-state index contributed by atoms with van der Waals surface area (Å²) in [6.45, 7) is 6.35. The van der Waals surface area contributed by atoms with E-state index < -0.39 is 17.7 Å². The molecule has 0 saturated heterocycles. The molecule has 1 aromatic carbocycles. The Kier molecular flexibility index (Phi) is 9.26. The van der Waals surface area contributed by atoms with E-state index in [-0.39, 0.29) is 13.4 Å². The van der Waals surface area contributed by atoms with Gasteiger partial charge in [-0.1, -0.05) is 12.1 Å². The maximum atomic E-state index is 11.8. The molecule has 0 saturated carbocycles. The molecular weight excluding hydrogens is 326 g/mol. The largest absolute Gasteiger partial charge is 0.468 e. The van der Waals surface area contributed by atoms with E-state index in [1.807, 2.05) is 24.3 Å². The minimum Gasteiger partial charge on any atom is -0.468 e. The van der Waals surface area contributed by atoms with Crippen LogP contribution in [0.4, 0.5) is 4.79 Å². The predicted octanol–water partition coefficient (Wildman–Crippen LogP) is 2.11. The monoisotopic (exact) mass is 355 g/mol. The fourth-order valence-electron chi connectivity index (χ4n) is 1.95. The van der Waals surface area contributed by atoms with E-state index >= 15 is 0 Å². The van der Waals surface area contributed by atoms with Crippen LogP contribution in [0, 0.1) is 0 Å². The van der Waals surface area contributed by atoms with Gasteiger partial charge in [0.1, 0.15) is 11.4 Å². The topological polar surface area (TPSA) is 86.3 Å². The quantitative estimate of drug-likeness (QED) is 0.494. The van der Waals surface area contributed by atoms with Crippen LogP contribution < -0.4 is 10.1 Å². The molecule has 0 aliphatic carbocycles. The fourth-order valence-corrected chi connectivity index (χ4v) is 1.95. The van der Waals surface area contributed by atoms with Gasteiger partial charge in [0.05, 0.1) is 25.9 Å². The summed E-state index contributed by atoms with van der Waals surface area (Å²) in [5, 5.41) is 12.1. The number of carbonyl (C=O) groups excluding carboxylic acids is 1. The van der Waals surface area contributed by atoms with Crippen molar-refractivity contribution in [2.45, 2.75) is 38.8 Å². The van der Waals surface area contributed by atoms with Gasteiger partial charge in [-0.2, -0.15) is 0 Å². The lowest BCUT2D eigenvalue weighted by molar-refractivity contribution is -0.00848. The third-order valence-corrected chi connectivity index (χ3v) is 3.09. The SMILES string of the molecule is COCCOCOc1ccc(C[C@@H](CO)NC(=O)OC(C)(C)C)cc1. The number of benzene rings is 1. The van der Waals surface area contributed by atoms with E-state index in [0.29, 0.717) is 25.4 Å². The Hall–Kier alpha value is -1.83. The van der Waals surface area contributed by atoms with Crippen LogP contribution in [-0.2, 0) is 20.6 Å². The van der Waals surface area contributed by atoms with Crippen molar-refractivity contribution in [1.82, 2.24) is 5.32 Å². The Balaban J connectivity index is 2.42. The third-order valence-electron chi connectivity index (χ3n) is 3.09. The number of methoxy groups -OCH3 is 1. The summed E-state index contributed by atoms with van der Waals surface area (Å²) < 4.78 is 20.7. The molecule has 1 amide bonds. The van der Waals surface area contributed by atoms with Crippen molar-refractivity contribution in [3.63, 3.8) is 0 Å². The van der Waals surface area contributed by atoms with E-state index in [4.69, 9.17) is 18.9 Å². The number of nitrogens with one attached hydrogen (secondary N) is 1. The van der Waals surface area contributed by atoms with Gasteiger partial charge in [-0.25, -0.2) is 4.79 Å². The molecule has 7 nitrogen and oxygen atoms in total. The second-order valence-electron chi connectivity index (χ2n) is 6.54. The molecule has 1 aromatic rings. The first-order valence-electron chi connectivity index (χ1n) is 8.23. The average molecular weight is 355 g/mol. The molecule has 2 N–H and O–H groups in total. The molecule has 7 heteroatoms. The minimum atomic E-state index is -0.575. The molecule has 1 atom stereocenters. The van der Waals surface area contributed by atoms with E-state index in [1.165, 1.54) is 0 Å². The molecule has 25 heavy (non-hydrogen) atoms. The van der Waals surface area contributed by atoms with Crippen molar-refractivity contribution in [3.05, 3.63) is 29.8 Å². The Morgan fingerprint density at radius 2 is 1.88 bits per heavy atom. The number of ether oxygens (including phenoxy) is 4. The van der Waals surface area contributed by atoms with Gasteiger partial charge in [-0.15, -0.1) is 0 Å². The molecule has 0 aliphatic heterocycles. The van der Waals surface area contributed by atoms with Crippen LogP contribution in [0.3, 0.4) is 0 Å². The zero-order chi connectivity index (χ0) is 18.7. The summed E-state index contributed by atoms with van der Waals surface area (Å²) in [4.78, 5) is 11.8. The van der Waals surface area contributed by atoms with Gasteiger partial charge in [0, 0.05) is 7.11 Å². The zero-order valence-electron chi connectivity index (χ0n) is 15.4. The lowest BCUT2D eigenvalue weighted by Crippen LogP contribution is -2.42. The molecule has 0 heterocycles. The van der Waals surface area contributed by atoms with Crippen molar-refractivity contribution in [1.29, 1.82) is 0 Å². The Labute approximate surface area is 149 Å². The number of carbonyl (C=O) groups is 1. The first-order valence-corrected chi connectivity index (χ1v) is 8.23. The standard InChI is InChI=1S/C18H29NO6/c1-18(2,3)25-17(21)19-15(12-20)11-14-5-7-16(8-6-14)24-13-23-10-9-22-4/h5-8,15,20H,9-13H2,1-4H3,(H,19,21)/t15-/m0/s1. The molecule has 0 unspecified atom stereocenters. The Morgan fingerprint density at radius 1 is 1.20 bits per heavy atom. The number of aliphatic hydroxyl groups excluding tert-OH is 1. The van der Waals surface area contributed by atoms with Crippen LogP contribution in [0.15, 0.2) is 24.3 Å². The highest BCUT2D eigenvalue weighted by atomic mass is 16.7. The molecule has 142 valence electrons. The number of aliphatic hydroxyl groups is 1. The molecule has 0 bridgehead atoms. The smallest absolute Gasteiger partial charge is 0.407 e. The highest BCUT2D eigenvalue weighted by Gasteiger charge is 2.19. The second-order valence-corrected chi connectivity index (χ2v) is 6.54. The van der Waals surface area contributed by atoms with Gasteiger partial charge in [-0.05, 0) is 44.9 Å². The van der Waals surface area contributed by atoms with Gasteiger partial charge < -0.3 is 29.4 Å². The molecule has 0 spiro atoms. The van der Waals surface area contributed by atoms with Crippen molar-refractivity contribution >= 4 is 6.09 Å². The van der Waals surface area contributed by atoms with Crippen molar-refractivity contribution in [3.8, 4) is 5.75 Å². The summed E-state index contributed by atoms with van der Waals surface area (Å²) in [7, 11) is 1.61. The first-order chi connectivity index (χ1) is 11.8. The van der Waals surface area contributed by atoms with Gasteiger partial charge in [0.15, 0.2) is 6.79 Å². The van der Waals surface area contributed by atoms with E-state index in [9.17, 15) is 9.90 Å². The van der Waals surface area contributed by atoms with Crippen LogP contribution >= 0.6 is 0 Å². The number of amides is 1. The van der Waals surface area contributed by atoms with Gasteiger partial charge in [-0.3, -0.25) is 0 Å². The van der Waals surface area contributed by atoms with Crippen LogP contribution in [-0.4, -0.2) is 56.6 Å². The summed E-state index contributed by atoms with van der Waals surface area (Å²) in [5.74, 6) is 0.682. The summed E-state index contributed by atoms with van der Waals surface area (Å²) in [6.07, 6.45) is -0.0555. The number of hydrogen-bond donors (Lipinski definition) is 2.